The van der Waals surface area contributed by atoms with E-state index in [-0.39, 0.29) is 0 Å². The van der Waals surface area contributed by atoms with Gasteiger partial charge in [0.25, 0.3) is 0 Å². The monoisotopic (exact) mass is 441 g/mol. The van der Waals surface area contributed by atoms with E-state index in [9.17, 15) is 8.42 Å². The fourth-order valence-electron chi connectivity index (χ4n) is 3.98. The molecule has 0 saturated carbocycles. The van der Waals surface area contributed by atoms with Crippen molar-refractivity contribution < 1.29 is 8.42 Å². The van der Waals surface area contributed by atoms with Gasteiger partial charge in [0.2, 0.25) is 10.0 Å². The first-order valence-electron chi connectivity index (χ1n) is 10.2. The molecule has 0 amide bonds. The largest absolute Gasteiger partial charge is 0.356 e. The summed E-state index contributed by atoms with van der Waals surface area (Å²) in [6.07, 6.45) is 3.08. The van der Waals surface area contributed by atoms with Gasteiger partial charge in [-0.1, -0.05) is 23.7 Å². The lowest BCUT2D eigenvalue weighted by atomic mass is 9.98. The molecule has 9 heteroatoms. The molecule has 0 bridgehead atoms. The van der Waals surface area contributed by atoms with E-state index in [0.29, 0.717) is 19.0 Å². The molecule has 29 heavy (non-hydrogen) atoms. The lowest BCUT2D eigenvalue weighted by molar-refractivity contribution is 0.171. The number of piperazine rings is 1. The third kappa shape index (κ3) is 6.57. The molecule has 2 saturated heterocycles. The SMILES string of the molecule is CN=C(NCC1CCN(S(C)(=O)=O)CC1)N1CCN(Cc2ccc(Cl)cc2)CC1. The maximum absolute atomic E-state index is 11.6. The summed E-state index contributed by atoms with van der Waals surface area (Å²) in [5.74, 6) is 1.43. The zero-order valence-corrected chi connectivity index (χ0v) is 18.9. The highest BCUT2D eigenvalue weighted by molar-refractivity contribution is 7.88. The number of sulfonamides is 1. The van der Waals surface area contributed by atoms with Crippen molar-refractivity contribution in [2.24, 2.45) is 10.9 Å². The lowest BCUT2D eigenvalue weighted by Gasteiger charge is -2.37. The van der Waals surface area contributed by atoms with Crippen molar-refractivity contribution in [2.45, 2.75) is 19.4 Å². The molecular weight excluding hydrogens is 410 g/mol. The molecule has 3 rings (SSSR count). The topological polar surface area (TPSA) is 68.2 Å². The number of piperidine rings is 1. The Bertz CT molecular complexity index is 784. The maximum Gasteiger partial charge on any atom is 0.211 e. The Labute approximate surface area is 179 Å². The van der Waals surface area contributed by atoms with Crippen molar-refractivity contribution in [1.29, 1.82) is 0 Å². The Morgan fingerprint density at radius 3 is 2.28 bits per heavy atom. The minimum absolute atomic E-state index is 0.482. The van der Waals surface area contributed by atoms with Crippen molar-refractivity contribution in [3.05, 3.63) is 34.9 Å². The molecule has 162 valence electrons. The van der Waals surface area contributed by atoms with Gasteiger partial charge in [-0.25, -0.2) is 12.7 Å². The third-order valence-electron chi connectivity index (χ3n) is 5.79. The molecule has 2 aliphatic rings. The van der Waals surface area contributed by atoms with Crippen LogP contribution in [0.15, 0.2) is 29.3 Å². The predicted octanol–water partition coefficient (Wildman–Crippen LogP) is 1.70. The van der Waals surface area contributed by atoms with Crippen LogP contribution in [0.4, 0.5) is 0 Å². The van der Waals surface area contributed by atoms with Crippen LogP contribution in [-0.2, 0) is 16.6 Å². The van der Waals surface area contributed by atoms with E-state index in [2.05, 4.69) is 32.2 Å². The zero-order valence-electron chi connectivity index (χ0n) is 17.3. The van der Waals surface area contributed by atoms with E-state index in [0.717, 1.165) is 63.1 Å². The highest BCUT2D eigenvalue weighted by atomic mass is 35.5. The van der Waals surface area contributed by atoms with Crippen LogP contribution in [0.3, 0.4) is 0 Å². The number of hydrogen-bond acceptors (Lipinski definition) is 4. The first-order chi connectivity index (χ1) is 13.8. The second kappa shape index (κ2) is 10.1. The van der Waals surface area contributed by atoms with Gasteiger partial charge in [-0.3, -0.25) is 9.89 Å². The third-order valence-corrected chi connectivity index (χ3v) is 7.35. The first kappa shape index (κ1) is 22.3. The predicted molar refractivity (Wildman–Crippen MR) is 119 cm³/mol. The number of nitrogens with one attached hydrogen (secondary N) is 1. The second-order valence-electron chi connectivity index (χ2n) is 7.92. The Hall–Kier alpha value is -1.35. The van der Waals surface area contributed by atoms with Crippen molar-refractivity contribution in [3.8, 4) is 0 Å². The quantitative estimate of drug-likeness (QED) is 0.556. The van der Waals surface area contributed by atoms with Gasteiger partial charge in [0.1, 0.15) is 0 Å². The van der Waals surface area contributed by atoms with Gasteiger partial charge in [0.15, 0.2) is 5.96 Å². The summed E-state index contributed by atoms with van der Waals surface area (Å²) < 4.78 is 24.9. The van der Waals surface area contributed by atoms with Crippen molar-refractivity contribution in [2.75, 3.05) is 59.1 Å². The lowest BCUT2D eigenvalue weighted by Crippen LogP contribution is -2.53. The van der Waals surface area contributed by atoms with Gasteiger partial charge in [0, 0.05) is 64.4 Å². The smallest absolute Gasteiger partial charge is 0.211 e. The average molecular weight is 442 g/mol. The Balaban J connectivity index is 1.41. The second-order valence-corrected chi connectivity index (χ2v) is 10.3. The van der Waals surface area contributed by atoms with Crippen LogP contribution in [0.1, 0.15) is 18.4 Å². The van der Waals surface area contributed by atoms with E-state index >= 15 is 0 Å². The molecule has 2 aliphatic heterocycles. The summed E-state index contributed by atoms with van der Waals surface area (Å²) in [5, 5.41) is 4.28. The van der Waals surface area contributed by atoms with Crippen LogP contribution in [0.25, 0.3) is 0 Å². The van der Waals surface area contributed by atoms with Crippen molar-refractivity contribution in [3.63, 3.8) is 0 Å². The van der Waals surface area contributed by atoms with Crippen LogP contribution >= 0.6 is 11.6 Å². The number of hydrogen-bond donors (Lipinski definition) is 1. The molecule has 1 aromatic rings. The molecule has 0 atom stereocenters. The normalized spacial score (nSPS) is 20.8. The maximum atomic E-state index is 11.6. The Kier molecular flexibility index (Phi) is 7.79. The molecule has 1 aromatic carbocycles. The van der Waals surface area contributed by atoms with Crippen molar-refractivity contribution >= 4 is 27.6 Å². The number of benzene rings is 1. The summed E-state index contributed by atoms with van der Waals surface area (Å²) in [7, 11) is -1.23. The Morgan fingerprint density at radius 1 is 1.10 bits per heavy atom. The highest BCUT2D eigenvalue weighted by Gasteiger charge is 2.26. The molecule has 0 radical (unpaired) electrons. The van der Waals surface area contributed by atoms with E-state index < -0.39 is 10.0 Å². The van der Waals surface area contributed by atoms with Crippen LogP contribution in [-0.4, -0.2) is 87.6 Å². The molecule has 0 spiro atoms. The van der Waals surface area contributed by atoms with Gasteiger partial charge < -0.3 is 10.2 Å². The number of halogens is 1. The average Bonchev–Trinajstić information content (AvgIpc) is 2.71. The zero-order chi connectivity index (χ0) is 20.9. The van der Waals surface area contributed by atoms with Gasteiger partial charge >= 0.3 is 0 Å². The highest BCUT2D eigenvalue weighted by Crippen LogP contribution is 2.18. The summed E-state index contributed by atoms with van der Waals surface area (Å²) in [6, 6.07) is 8.06. The minimum Gasteiger partial charge on any atom is -0.356 e. The standard InChI is InChI=1S/C20H32ClN5O2S/c1-22-20(23-15-17-7-9-26(10-8-17)29(2,27)28)25-13-11-24(12-14-25)16-18-3-5-19(21)6-4-18/h3-6,17H,7-16H2,1-2H3,(H,22,23). The molecule has 7 nitrogen and oxygen atoms in total. The molecule has 0 aliphatic carbocycles. The summed E-state index contributed by atoms with van der Waals surface area (Å²) in [6.45, 7) is 6.90. The summed E-state index contributed by atoms with van der Waals surface area (Å²) in [4.78, 5) is 9.22. The van der Waals surface area contributed by atoms with Crippen LogP contribution in [0.2, 0.25) is 5.02 Å². The fraction of sp³-hybridized carbons (Fsp3) is 0.650. The van der Waals surface area contributed by atoms with E-state index in [1.807, 2.05) is 19.2 Å². The van der Waals surface area contributed by atoms with E-state index in [1.54, 1.807) is 4.31 Å². The molecule has 2 heterocycles. The first-order valence-corrected chi connectivity index (χ1v) is 12.5. The number of nitrogens with zero attached hydrogens (tertiary/aromatic N) is 4. The fourth-order valence-corrected chi connectivity index (χ4v) is 4.98. The van der Waals surface area contributed by atoms with Gasteiger partial charge in [0.05, 0.1) is 6.26 Å². The van der Waals surface area contributed by atoms with Crippen LogP contribution < -0.4 is 5.32 Å². The molecule has 2 fully saturated rings. The van der Waals surface area contributed by atoms with Gasteiger partial charge in [-0.15, -0.1) is 0 Å². The summed E-state index contributed by atoms with van der Waals surface area (Å²) >= 11 is 5.97. The van der Waals surface area contributed by atoms with Crippen molar-refractivity contribution in [1.82, 2.24) is 19.4 Å². The summed E-state index contributed by atoms with van der Waals surface area (Å²) in [5.41, 5.74) is 1.28. The number of aliphatic imine (C=N–C) groups is 1. The van der Waals surface area contributed by atoms with Gasteiger partial charge in [-0.2, -0.15) is 0 Å². The van der Waals surface area contributed by atoms with Crippen LogP contribution in [0.5, 0.6) is 0 Å². The number of guanidine groups is 1. The van der Waals surface area contributed by atoms with E-state index in [4.69, 9.17) is 11.6 Å². The molecular formula is C20H32ClN5O2S. The van der Waals surface area contributed by atoms with Crippen LogP contribution in [0, 0.1) is 5.92 Å². The molecule has 1 N–H and O–H groups in total. The number of rotatable bonds is 5. The minimum atomic E-state index is -3.06. The van der Waals surface area contributed by atoms with E-state index in [1.165, 1.54) is 11.8 Å². The molecule has 0 unspecified atom stereocenters. The van der Waals surface area contributed by atoms with Gasteiger partial charge in [-0.05, 0) is 36.5 Å². The molecule has 0 aromatic heterocycles. The Morgan fingerprint density at radius 2 is 1.72 bits per heavy atom.